The Bertz CT molecular complexity index is 1230. The van der Waals surface area contributed by atoms with Gasteiger partial charge in [-0.2, -0.15) is 0 Å². The summed E-state index contributed by atoms with van der Waals surface area (Å²) < 4.78 is 13.4. The molecule has 8 rings (SSSR count). The molecule has 2 unspecified atom stereocenters. The number of nitrogens with zero attached hydrogens (tertiary/aromatic N) is 1. The van der Waals surface area contributed by atoms with Gasteiger partial charge in [0.15, 0.2) is 11.5 Å². The highest BCUT2D eigenvalue weighted by Gasteiger charge is 2.80. The summed E-state index contributed by atoms with van der Waals surface area (Å²) in [5, 5.41) is 17.1. The first-order chi connectivity index (χ1) is 19.2. The zero-order valence-corrected chi connectivity index (χ0v) is 24.4. The van der Waals surface area contributed by atoms with E-state index in [4.69, 9.17) is 9.47 Å². The average Bonchev–Trinajstić information content (AvgIpc) is 3.69. The zero-order chi connectivity index (χ0) is 28.0. The highest BCUT2D eigenvalue weighted by atomic mass is 16.6. The lowest BCUT2D eigenvalue weighted by molar-refractivity contribution is -0.276. The number of phenols is 1. The van der Waals surface area contributed by atoms with Gasteiger partial charge in [-0.1, -0.05) is 26.3 Å². The minimum atomic E-state index is -0.557. The fraction of sp³-hybridized carbons (Fsp3) is 0.750. The molecule has 8 heteroatoms. The number of hydrogen-bond donors (Lipinski definition) is 3. The fourth-order valence-electron chi connectivity index (χ4n) is 10.0. The lowest BCUT2D eigenvalue weighted by Crippen LogP contribution is -2.81. The number of phenolic OH excluding ortho intramolecular Hbond substituents is 1. The Morgan fingerprint density at radius 3 is 2.75 bits per heavy atom. The van der Waals surface area contributed by atoms with E-state index >= 15 is 0 Å². The van der Waals surface area contributed by atoms with Gasteiger partial charge in [-0.25, -0.2) is 0 Å². The van der Waals surface area contributed by atoms with Crippen LogP contribution in [0.2, 0.25) is 0 Å². The van der Waals surface area contributed by atoms with E-state index in [1.807, 2.05) is 19.9 Å². The molecule has 0 aromatic heterocycles. The number of aromatic hydroxyl groups is 1. The van der Waals surface area contributed by atoms with Gasteiger partial charge in [0, 0.05) is 55.5 Å². The number of piperidine rings is 1. The number of carbonyl (C=O) groups excluding carboxylic acids is 2. The highest BCUT2D eigenvalue weighted by molar-refractivity contribution is 5.87. The molecule has 4 bridgehead atoms. The number of ether oxygens (including phenoxy) is 2. The summed E-state index contributed by atoms with van der Waals surface area (Å²) in [6.07, 6.45) is 8.23. The summed E-state index contributed by atoms with van der Waals surface area (Å²) in [6, 6.07) is 3.83. The monoisotopic (exact) mass is 551 g/mol. The number of rotatable bonds is 9. The number of carbonyl (C=O) groups is 2. The first-order valence-electron chi connectivity index (χ1n) is 15.6. The second-order valence-electron chi connectivity index (χ2n) is 13.9. The van der Waals surface area contributed by atoms with Gasteiger partial charge in [-0.3, -0.25) is 14.5 Å². The molecule has 8 nitrogen and oxygen atoms in total. The van der Waals surface area contributed by atoms with Gasteiger partial charge in [0.2, 0.25) is 11.8 Å². The molecule has 2 aliphatic heterocycles. The summed E-state index contributed by atoms with van der Waals surface area (Å²) in [6.45, 7) is 8.24. The normalized spacial score (nSPS) is 38.2. The number of amides is 2. The predicted octanol–water partition coefficient (Wildman–Crippen LogP) is 3.28. The maximum absolute atomic E-state index is 13.5. The van der Waals surface area contributed by atoms with Crippen molar-refractivity contribution in [2.24, 2.45) is 23.2 Å². The molecule has 1 saturated heterocycles. The van der Waals surface area contributed by atoms with E-state index in [-0.39, 0.29) is 46.3 Å². The Hall–Kier alpha value is -2.32. The van der Waals surface area contributed by atoms with Crippen LogP contribution in [0.1, 0.15) is 76.8 Å². The lowest BCUT2D eigenvalue weighted by Gasteiger charge is -2.74. The van der Waals surface area contributed by atoms with Crippen LogP contribution >= 0.6 is 0 Å². The Labute approximate surface area is 237 Å². The van der Waals surface area contributed by atoms with Gasteiger partial charge in [-0.15, -0.1) is 0 Å². The summed E-state index contributed by atoms with van der Waals surface area (Å²) in [5.41, 5.74) is 1.87. The minimum absolute atomic E-state index is 0.0142. The van der Waals surface area contributed by atoms with Crippen LogP contribution in [-0.4, -0.2) is 72.4 Å². The largest absolute Gasteiger partial charge is 0.504 e. The maximum Gasteiger partial charge on any atom is 0.242 e. The van der Waals surface area contributed by atoms with Crippen LogP contribution in [0, 0.1) is 23.2 Å². The molecule has 0 radical (unpaired) electrons. The van der Waals surface area contributed by atoms with E-state index in [0.29, 0.717) is 18.3 Å². The molecule has 2 heterocycles. The molecular formula is C32H45N3O5. The predicted molar refractivity (Wildman–Crippen MR) is 150 cm³/mol. The van der Waals surface area contributed by atoms with E-state index in [1.165, 1.54) is 37.4 Å². The van der Waals surface area contributed by atoms with Crippen LogP contribution in [0.25, 0.3) is 0 Å². The number of methoxy groups -OCH3 is 1. The molecule has 2 amide bonds. The fourth-order valence-corrected chi connectivity index (χ4v) is 10.0. The van der Waals surface area contributed by atoms with E-state index in [0.717, 1.165) is 51.0 Å². The first-order valence-corrected chi connectivity index (χ1v) is 15.6. The number of fused-ring (bicyclic) bond motifs is 2. The third-order valence-electron chi connectivity index (χ3n) is 12.2. The van der Waals surface area contributed by atoms with Crippen molar-refractivity contribution < 1.29 is 24.2 Å². The molecule has 40 heavy (non-hydrogen) atoms. The van der Waals surface area contributed by atoms with Gasteiger partial charge in [0.25, 0.3) is 0 Å². The van der Waals surface area contributed by atoms with Crippen LogP contribution in [0.3, 0.4) is 0 Å². The number of benzene rings is 1. The van der Waals surface area contributed by atoms with Crippen molar-refractivity contribution in [1.82, 2.24) is 15.5 Å². The molecule has 7 aliphatic rings. The van der Waals surface area contributed by atoms with Gasteiger partial charge >= 0.3 is 0 Å². The van der Waals surface area contributed by atoms with Crippen molar-refractivity contribution in [3.8, 4) is 11.5 Å². The summed E-state index contributed by atoms with van der Waals surface area (Å²) >= 11 is 0. The lowest BCUT2D eigenvalue weighted by atomic mass is 9.35. The maximum atomic E-state index is 13.5. The summed E-state index contributed by atoms with van der Waals surface area (Å²) in [5.74, 6) is 1.53. The van der Waals surface area contributed by atoms with Crippen molar-refractivity contribution in [3.63, 3.8) is 0 Å². The van der Waals surface area contributed by atoms with E-state index < -0.39 is 11.6 Å². The van der Waals surface area contributed by atoms with E-state index in [1.54, 1.807) is 7.11 Å². The highest BCUT2D eigenvalue weighted by Crippen LogP contribution is 2.76. The van der Waals surface area contributed by atoms with Crippen LogP contribution in [0.4, 0.5) is 0 Å². The molecular weight excluding hydrogens is 506 g/mol. The van der Waals surface area contributed by atoms with Crippen molar-refractivity contribution in [2.75, 3.05) is 26.7 Å². The molecule has 1 aromatic rings. The number of hydrogen-bond acceptors (Lipinski definition) is 6. The second kappa shape index (κ2) is 9.09. The smallest absolute Gasteiger partial charge is 0.242 e. The Balaban J connectivity index is 1.26. The molecule has 8 atom stereocenters. The summed E-state index contributed by atoms with van der Waals surface area (Å²) in [4.78, 5) is 28.2. The topological polar surface area (TPSA) is 100 Å². The van der Waals surface area contributed by atoms with E-state index in [2.05, 4.69) is 21.6 Å². The van der Waals surface area contributed by atoms with Crippen molar-refractivity contribution in [3.05, 3.63) is 23.3 Å². The number of nitrogens with one attached hydrogen (secondary N) is 2. The van der Waals surface area contributed by atoms with Crippen LogP contribution in [0.15, 0.2) is 12.1 Å². The van der Waals surface area contributed by atoms with Crippen LogP contribution in [-0.2, 0) is 26.2 Å². The molecule has 5 aliphatic carbocycles. The quantitative estimate of drug-likeness (QED) is 0.436. The van der Waals surface area contributed by atoms with Gasteiger partial charge in [0.05, 0.1) is 0 Å². The molecule has 2 spiro atoms. The third kappa shape index (κ3) is 3.38. The second-order valence-corrected chi connectivity index (χ2v) is 13.9. The zero-order valence-electron chi connectivity index (χ0n) is 24.4. The standard InChI is InChI=1S/C32H45N3O5/c1-5-18(2)26(34-19(3)36)28(38)33-16-22-15-30-10-11-32(22,39-4)29-31(30)12-13-35(17-20-6-7-20)24(30)14-21-8-9-23(37)27(40-29)25(21)31/h8-9,18,20,22,24,26,29,37H,5-7,10-17H2,1-4H3,(H,33,38)(H,34,36)/t18?,22-,24-,26?,29-,30-,31+,32-/m1/s1. The van der Waals surface area contributed by atoms with Gasteiger partial charge in [-0.05, 0) is 75.0 Å². The molecule has 5 fully saturated rings. The van der Waals surface area contributed by atoms with Gasteiger partial charge < -0.3 is 25.2 Å². The molecule has 3 N–H and O–H groups in total. The Kier molecular flexibility index (Phi) is 6.04. The van der Waals surface area contributed by atoms with Crippen LogP contribution < -0.4 is 15.4 Å². The van der Waals surface area contributed by atoms with E-state index in [9.17, 15) is 14.7 Å². The Morgan fingerprint density at radius 1 is 1.25 bits per heavy atom. The van der Waals surface area contributed by atoms with Crippen molar-refractivity contribution >= 4 is 11.8 Å². The molecule has 1 aromatic carbocycles. The first kappa shape index (κ1) is 26.6. The van der Waals surface area contributed by atoms with Gasteiger partial charge in [0.1, 0.15) is 17.7 Å². The molecule has 4 saturated carbocycles. The average molecular weight is 552 g/mol. The SMILES string of the molecule is CCC(C)C(NC(C)=O)C(=O)NC[C@H]1C[C@@]23CC[C@]1(OC)[C@@H]1Oc4c(O)ccc5c4[C@@]12CCN(CC1CC1)[C@@H]3C5. The minimum Gasteiger partial charge on any atom is -0.504 e. The molecule has 218 valence electrons. The van der Waals surface area contributed by atoms with Crippen molar-refractivity contribution in [2.45, 2.75) is 101 Å². The Morgan fingerprint density at radius 2 is 2.05 bits per heavy atom. The van der Waals surface area contributed by atoms with Crippen LogP contribution in [0.5, 0.6) is 11.5 Å². The van der Waals surface area contributed by atoms with Crippen molar-refractivity contribution in [1.29, 1.82) is 0 Å². The number of likely N-dealkylation sites (tertiary alicyclic amines) is 1. The summed E-state index contributed by atoms with van der Waals surface area (Å²) in [7, 11) is 1.80. The third-order valence-corrected chi connectivity index (χ3v) is 12.2.